The van der Waals surface area contributed by atoms with E-state index in [0.717, 1.165) is 22.7 Å². The number of hydrogen-bond acceptors (Lipinski definition) is 5. The van der Waals surface area contributed by atoms with Gasteiger partial charge < -0.3 is 15.4 Å². The summed E-state index contributed by atoms with van der Waals surface area (Å²) in [6, 6.07) is 15.1. The molecule has 132 valence electrons. The number of anilines is 3. The molecule has 1 aromatic heterocycles. The Bertz CT molecular complexity index is 877. The third-order valence-electron chi connectivity index (χ3n) is 3.72. The number of amides is 1. The quantitative estimate of drug-likeness (QED) is 0.699. The molecule has 0 aliphatic heterocycles. The van der Waals surface area contributed by atoms with Gasteiger partial charge in [-0.2, -0.15) is 0 Å². The zero-order valence-corrected chi connectivity index (χ0v) is 14.7. The number of benzene rings is 2. The van der Waals surface area contributed by atoms with Crippen LogP contribution in [0.4, 0.5) is 17.2 Å². The first-order chi connectivity index (χ1) is 12.7. The molecule has 2 aromatic carbocycles. The standard InChI is InChI=1S/C20H20N4O2/c1-3-26-16-10-8-15(9-11-16)23-19-13-21-18(12-22-19)20(25)24-17-7-5-4-6-14(17)2/h4-13H,3H2,1-2H3,(H,22,23)(H,24,25). The summed E-state index contributed by atoms with van der Waals surface area (Å²) in [5, 5.41) is 5.98. The third-order valence-corrected chi connectivity index (χ3v) is 3.72. The molecule has 0 atom stereocenters. The van der Waals surface area contributed by atoms with Crippen LogP contribution in [0.25, 0.3) is 0 Å². The van der Waals surface area contributed by atoms with Crippen LogP contribution in [0.2, 0.25) is 0 Å². The molecule has 2 N–H and O–H groups in total. The zero-order chi connectivity index (χ0) is 18.4. The molecule has 1 heterocycles. The Labute approximate surface area is 152 Å². The number of aryl methyl sites for hydroxylation is 1. The highest BCUT2D eigenvalue weighted by molar-refractivity contribution is 6.03. The van der Waals surface area contributed by atoms with Gasteiger partial charge in [-0.05, 0) is 49.7 Å². The van der Waals surface area contributed by atoms with Crippen molar-refractivity contribution in [3.8, 4) is 5.75 Å². The normalized spacial score (nSPS) is 10.2. The van der Waals surface area contributed by atoms with E-state index in [-0.39, 0.29) is 11.6 Å². The third kappa shape index (κ3) is 4.36. The molecule has 0 saturated carbocycles. The van der Waals surface area contributed by atoms with Crippen molar-refractivity contribution in [2.75, 3.05) is 17.2 Å². The summed E-state index contributed by atoms with van der Waals surface area (Å²) in [5.41, 5.74) is 2.86. The molecule has 3 aromatic rings. The van der Waals surface area contributed by atoms with E-state index < -0.39 is 0 Å². The lowest BCUT2D eigenvalue weighted by Gasteiger charge is -2.09. The van der Waals surface area contributed by atoms with Crippen molar-refractivity contribution < 1.29 is 9.53 Å². The van der Waals surface area contributed by atoms with Crippen molar-refractivity contribution >= 4 is 23.1 Å². The van der Waals surface area contributed by atoms with Crippen LogP contribution in [0.1, 0.15) is 23.0 Å². The minimum absolute atomic E-state index is 0.255. The zero-order valence-electron chi connectivity index (χ0n) is 14.7. The highest BCUT2D eigenvalue weighted by Crippen LogP contribution is 2.19. The van der Waals surface area contributed by atoms with E-state index in [2.05, 4.69) is 20.6 Å². The second-order valence-corrected chi connectivity index (χ2v) is 5.64. The van der Waals surface area contributed by atoms with E-state index in [9.17, 15) is 4.79 Å². The summed E-state index contributed by atoms with van der Waals surface area (Å²) in [7, 11) is 0. The van der Waals surface area contributed by atoms with Gasteiger partial charge in [0, 0.05) is 11.4 Å². The first kappa shape index (κ1) is 17.4. The number of nitrogens with zero attached hydrogens (tertiary/aromatic N) is 2. The monoisotopic (exact) mass is 348 g/mol. The van der Waals surface area contributed by atoms with E-state index >= 15 is 0 Å². The van der Waals surface area contributed by atoms with Gasteiger partial charge in [-0.3, -0.25) is 4.79 Å². The van der Waals surface area contributed by atoms with Gasteiger partial charge >= 0.3 is 0 Å². The molecule has 3 rings (SSSR count). The number of carbonyl (C=O) groups is 1. The maximum Gasteiger partial charge on any atom is 0.275 e. The van der Waals surface area contributed by atoms with Crippen LogP contribution in [-0.2, 0) is 0 Å². The molecular formula is C20H20N4O2. The lowest BCUT2D eigenvalue weighted by molar-refractivity contribution is 0.102. The van der Waals surface area contributed by atoms with Crippen molar-refractivity contribution in [1.82, 2.24) is 9.97 Å². The van der Waals surface area contributed by atoms with Gasteiger partial charge in [0.15, 0.2) is 0 Å². The van der Waals surface area contributed by atoms with Crippen molar-refractivity contribution in [2.45, 2.75) is 13.8 Å². The van der Waals surface area contributed by atoms with Crippen LogP contribution in [0.15, 0.2) is 60.9 Å². The summed E-state index contributed by atoms with van der Waals surface area (Å²) < 4.78 is 5.41. The highest BCUT2D eigenvalue weighted by atomic mass is 16.5. The molecule has 0 aliphatic carbocycles. The van der Waals surface area contributed by atoms with E-state index in [4.69, 9.17) is 4.74 Å². The van der Waals surface area contributed by atoms with Gasteiger partial charge in [0.25, 0.3) is 5.91 Å². The Kier molecular flexibility index (Phi) is 5.43. The van der Waals surface area contributed by atoms with Crippen LogP contribution in [0, 0.1) is 6.92 Å². The minimum atomic E-state index is -0.292. The van der Waals surface area contributed by atoms with Gasteiger partial charge in [0.05, 0.1) is 19.0 Å². The predicted octanol–water partition coefficient (Wildman–Crippen LogP) is 4.18. The molecule has 1 amide bonds. The first-order valence-corrected chi connectivity index (χ1v) is 8.34. The Morgan fingerprint density at radius 1 is 1.04 bits per heavy atom. The fourth-order valence-electron chi connectivity index (χ4n) is 2.36. The molecule has 26 heavy (non-hydrogen) atoms. The fourth-order valence-corrected chi connectivity index (χ4v) is 2.36. The molecule has 0 aliphatic rings. The Balaban J connectivity index is 1.64. The van der Waals surface area contributed by atoms with Gasteiger partial charge in [-0.15, -0.1) is 0 Å². The van der Waals surface area contributed by atoms with E-state index in [1.807, 2.05) is 62.4 Å². The summed E-state index contributed by atoms with van der Waals surface area (Å²) >= 11 is 0. The second kappa shape index (κ2) is 8.11. The molecule has 0 bridgehead atoms. The molecule has 0 saturated heterocycles. The van der Waals surface area contributed by atoms with Crippen molar-refractivity contribution in [2.24, 2.45) is 0 Å². The number of hydrogen-bond donors (Lipinski definition) is 2. The molecule has 0 spiro atoms. The molecule has 0 unspecified atom stereocenters. The van der Waals surface area contributed by atoms with Gasteiger partial charge in [0.1, 0.15) is 17.3 Å². The number of rotatable bonds is 6. The maximum absolute atomic E-state index is 12.3. The minimum Gasteiger partial charge on any atom is -0.494 e. The predicted molar refractivity (Wildman–Crippen MR) is 102 cm³/mol. The van der Waals surface area contributed by atoms with Gasteiger partial charge in [-0.1, -0.05) is 18.2 Å². The first-order valence-electron chi connectivity index (χ1n) is 8.34. The average molecular weight is 348 g/mol. The second-order valence-electron chi connectivity index (χ2n) is 5.64. The van der Waals surface area contributed by atoms with Crippen molar-refractivity contribution in [3.05, 3.63) is 72.2 Å². The molecule has 0 radical (unpaired) electrons. The van der Waals surface area contributed by atoms with Crippen LogP contribution in [0.5, 0.6) is 5.75 Å². The fraction of sp³-hybridized carbons (Fsp3) is 0.150. The van der Waals surface area contributed by atoms with Crippen LogP contribution < -0.4 is 15.4 Å². The SMILES string of the molecule is CCOc1ccc(Nc2cnc(C(=O)Nc3ccccc3C)cn2)cc1. The largest absolute Gasteiger partial charge is 0.494 e. The number of ether oxygens (including phenoxy) is 1. The maximum atomic E-state index is 12.3. The molecule has 6 heteroatoms. The topological polar surface area (TPSA) is 76.1 Å². The molecule has 6 nitrogen and oxygen atoms in total. The lowest BCUT2D eigenvalue weighted by atomic mass is 10.2. The van der Waals surface area contributed by atoms with Crippen LogP contribution in [-0.4, -0.2) is 22.5 Å². The summed E-state index contributed by atoms with van der Waals surface area (Å²) in [5.74, 6) is 1.08. The smallest absolute Gasteiger partial charge is 0.275 e. The number of nitrogens with one attached hydrogen (secondary N) is 2. The van der Waals surface area contributed by atoms with Crippen molar-refractivity contribution in [3.63, 3.8) is 0 Å². The van der Waals surface area contributed by atoms with E-state index in [0.29, 0.717) is 12.4 Å². The number of carbonyl (C=O) groups excluding carboxylic acids is 1. The van der Waals surface area contributed by atoms with E-state index in [1.54, 1.807) is 0 Å². The summed E-state index contributed by atoms with van der Waals surface area (Å²) in [6.07, 6.45) is 2.98. The molecule has 0 fully saturated rings. The van der Waals surface area contributed by atoms with E-state index in [1.165, 1.54) is 12.4 Å². The summed E-state index contributed by atoms with van der Waals surface area (Å²) in [4.78, 5) is 20.7. The summed E-state index contributed by atoms with van der Waals surface area (Å²) in [6.45, 7) is 4.51. The van der Waals surface area contributed by atoms with Gasteiger partial charge in [0.2, 0.25) is 0 Å². The average Bonchev–Trinajstić information content (AvgIpc) is 2.66. The van der Waals surface area contributed by atoms with Crippen LogP contribution >= 0.6 is 0 Å². The Morgan fingerprint density at radius 2 is 1.81 bits per heavy atom. The van der Waals surface area contributed by atoms with Crippen LogP contribution in [0.3, 0.4) is 0 Å². The van der Waals surface area contributed by atoms with Gasteiger partial charge in [-0.25, -0.2) is 9.97 Å². The highest BCUT2D eigenvalue weighted by Gasteiger charge is 2.09. The van der Waals surface area contributed by atoms with Crippen molar-refractivity contribution in [1.29, 1.82) is 0 Å². The Hall–Kier alpha value is -3.41. The number of aromatic nitrogens is 2. The lowest BCUT2D eigenvalue weighted by Crippen LogP contribution is -2.15. The Morgan fingerprint density at radius 3 is 2.46 bits per heavy atom. The number of para-hydroxylation sites is 1. The molecular weight excluding hydrogens is 328 g/mol.